The molecular weight excluding hydrogens is 292 g/mol. The highest BCUT2D eigenvalue weighted by atomic mass is 16.6. The maximum atomic E-state index is 12.4. The summed E-state index contributed by atoms with van der Waals surface area (Å²) in [5.41, 5.74) is 1.63. The number of amides is 1. The van der Waals surface area contributed by atoms with Gasteiger partial charge in [-0.05, 0) is 12.0 Å². The van der Waals surface area contributed by atoms with Crippen molar-refractivity contribution < 1.29 is 14.3 Å². The van der Waals surface area contributed by atoms with Gasteiger partial charge in [0.05, 0.1) is 6.04 Å². The SMILES string of the molecule is CC[C@H]1C(=CN(C)C)C(=O)CCN1C(=O)OCc1ccccc1. The van der Waals surface area contributed by atoms with Crippen LogP contribution in [-0.4, -0.2) is 48.4 Å². The molecule has 0 spiro atoms. The molecular formula is C18H24N2O3. The fourth-order valence-corrected chi connectivity index (χ4v) is 2.77. The molecule has 0 unspecified atom stereocenters. The molecule has 0 bridgehead atoms. The quantitative estimate of drug-likeness (QED) is 0.802. The molecule has 5 heteroatoms. The Hall–Kier alpha value is -2.30. The molecule has 0 aromatic heterocycles. The van der Waals surface area contributed by atoms with Gasteiger partial charge in [-0.1, -0.05) is 37.3 Å². The first kappa shape index (κ1) is 17.1. The van der Waals surface area contributed by atoms with Gasteiger partial charge in [0.1, 0.15) is 6.61 Å². The zero-order valence-electron chi connectivity index (χ0n) is 14.0. The zero-order chi connectivity index (χ0) is 16.8. The van der Waals surface area contributed by atoms with E-state index in [-0.39, 0.29) is 24.5 Å². The molecule has 23 heavy (non-hydrogen) atoms. The summed E-state index contributed by atoms with van der Waals surface area (Å²) in [5, 5.41) is 0. The molecule has 1 saturated heterocycles. The molecule has 5 nitrogen and oxygen atoms in total. The van der Waals surface area contributed by atoms with Crippen LogP contribution in [0.3, 0.4) is 0 Å². The van der Waals surface area contributed by atoms with Gasteiger partial charge in [-0.15, -0.1) is 0 Å². The summed E-state index contributed by atoms with van der Waals surface area (Å²) < 4.78 is 5.42. The highest BCUT2D eigenvalue weighted by Gasteiger charge is 2.34. The second-order valence-corrected chi connectivity index (χ2v) is 5.88. The van der Waals surface area contributed by atoms with Crippen LogP contribution in [0.5, 0.6) is 0 Å². The number of carbonyl (C=O) groups is 2. The third-order valence-corrected chi connectivity index (χ3v) is 3.86. The van der Waals surface area contributed by atoms with E-state index in [1.54, 1.807) is 4.90 Å². The summed E-state index contributed by atoms with van der Waals surface area (Å²) in [4.78, 5) is 28.1. The Balaban J connectivity index is 2.08. The van der Waals surface area contributed by atoms with Gasteiger partial charge in [0, 0.05) is 38.8 Å². The number of nitrogens with zero attached hydrogens (tertiary/aromatic N) is 2. The predicted octanol–water partition coefficient (Wildman–Crippen LogP) is 2.82. The highest BCUT2D eigenvalue weighted by Crippen LogP contribution is 2.24. The van der Waals surface area contributed by atoms with Gasteiger partial charge in [0.15, 0.2) is 5.78 Å². The maximum Gasteiger partial charge on any atom is 0.410 e. The van der Waals surface area contributed by atoms with Gasteiger partial charge in [0.25, 0.3) is 0 Å². The summed E-state index contributed by atoms with van der Waals surface area (Å²) >= 11 is 0. The van der Waals surface area contributed by atoms with E-state index in [1.165, 1.54) is 0 Å². The normalized spacial score (nSPS) is 19.8. The van der Waals surface area contributed by atoms with Gasteiger partial charge in [-0.25, -0.2) is 4.79 Å². The lowest BCUT2D eigenvalue weighted by atomic mass is 9.93. The number of ketones is 1. The van der Waals surface area contributed by atoms with Crippen LogP contribution < -0.4 is 0 Å². The Morgan fingerprint density at radius 1 is 1.35 bits per heavy atom. The van der Waals surface area contributed by atoms with E-state index in [4.69, 9.17) is 4.74 Å². The summed E-state index contributed by atoms with van der Waals surface area (Å²) in [6.07, 6.45) is 2.48. The number of ether oxygens (including phenoxy) is 1. The Labute approximate surface area is 137 Å². The zero-order valence-corrected chi connectivity index (χ0v) is 14.0. The number of benzene rings is 1. The first-order valence-electron chi connectivity index (χ1n) is 7.91. The largest absolute Gasteiger partial charge is 0.445 e. The van der Waals surface area contributed by atoms with E-state index >= 15 is 0 Å². The van der Waals surface area contributed by atoms with Crippen molar-refractivity contribution in [3.8, 4) is 0 Å². The van der Waals surface area contributed by atoms with E-state index in [0.717, 1.165) is 5.56 Å². The van der Waals surface area contributed by atoms with Crippen molar-refractivity contribution in [3.05, 3.63) is 47.7 Å². The lowest BCUT2D eigenvalue weighted by Gasteiger charge is -2.35. The fourth-order valence-electron chi connectivity index (χ4n) is 2.77. The minimum Gasteiger partial charge on any atom is -0.445 e. The van der Waals surface area contributed by atoms with Crippen molar-refractivity contribution in [2.75, 3.05) is 20.6 Å². The van der Waals surface area contributed by atoms with Gasteiger partial charge < -0.3 is 14.5 Å². The van der Waals surface area contributed by atoms with Crippen LogP contribution in [0.1, 0.15) is 25.3 Å². The summed E-state index contributed by atoms with van der Waals surface area (Å²) in [6, 6.07) is 9.36. The molecule has 1 aliphatic rings. The van der Waals surface area contributed by atoms with E-state index in [9.17, 15) is 9.59 Å². The minimum absolute atomic E-state index is 0.109. The average Bonchev–Trinajstić information content (AvgIpc) is 2.55. The van der Waals surface area contributed by atoms with Crippen molar-refractivity contribution in [1.29, 1.82) is 0 Å². The predicted molar refractivity (Wildman–Crippen MR) is 88.8 cm³/mol. The fraction of sp³-hybridized carbons (Fsp3) is 0.444. The number of hydrogen-bond acceptors (Lipinski definition) is 4. The smallest absolute Gasteiger partial charge is 0.410 e. The Bertz CT molecular complexity index is 581. The van der Waals surface area contributed by atoms with Crippen LogP contribution in [0.25, 0.3) is 0 Å². The van der Waals surface area contributed by atoms with Crippen molar-refractivity contribution in [1.82, 2.24) is 9.80 Å². The van der Waals surface area contributed by atoms with Crippen LogP contribution in [0.4, 0.5) is 4.79 Å². The molecule has 1 aromatic carbocycles. The van der Waals surface area contributed by atoms with Crippen molar-refractivity contribution >= 4 is 11.9 Å². The molecule has 1 atom stereocenters. The van der Waals surface area contributed by atoms with Crippen LogP contribution >= 0.6 is 0 Å². The van der Waals surface area contributed by atoms with E-state index in [1.807, 2.05) is 62.5 Å². The van der Waals surface area contributed by atoms with E-state index in [2.05, 4.69) is 0 Å². The monoisotopic (exact) mass is 316 g/mol. The van der Waals surface area contributed by atoms with E-state index in [0.29, 0.717) is 25.0 Å². The molecule has 0 saturated carbocycles. The molecule has 1 heterocycles. The van der Waals surface area contributed by atoms with E-state index < -0.39 is 0 Å². The summed E-state index contributed by atoms with van der Waals surface area (Å²) in [6.45, 7) is 2.63. The maximum absolute atomic E-state index is 12.4. The first-order valence-corrected chi connectivity index (χ1v) is 7.91. The standard InChI is InChI=1S/C18H24N2O3/c1-4-16-15(12-19(2)3)17(21)10-11-20(16)18(22)23-13-14-8-6-5-7-9-14/h5-9,12,16H,4,10-11,13H2,1-3H3/t16-/m0/s1. The molecule has 0 radical (unpaired) electrons. The molecule has 1 fully saturated rings. The molecule has 0 N–H and O–H groups in total. The third-order valence-electron chi connectivity index (χ3n) is 3.86. The number of carbonyl (C=O) groups excluding carboxylic acids is 2. The first-order chi connectivity index (χ1) is 11.0. The molecule has 1 amide bonds. The van der Waals surface area contributed by atoms with Gasteiger partial charge in [-0.2, -0.15) is 0 Å². The van der Waals surface area contributed by atoms with Crippen LogP contribution in [0.2, 0.25) is 0 Å². The molecule has 1 aromatic rings. The van der Waals surface area contributed by atoms with Gasteiger partial charge in [0.2, 0.25) is 0 Å². The van der Waals surface area contributed by atoms with Crippen LogP contribution in [-0.2, 0) is 16.1 Å². The number of hydrogen-bond donors (Lipinski definition) is 0. The lowest BCUT2D eigenvalue weighted by molar-refractivity contribution is -0.118. The Morgan fingerprint density at radius 2 is 2.04 bits per heavy atom. The van der Waals surface area contributed by atoms with Gasteiger partial charge >= 0.3 is 6.09 Å². The molecule has 1 aliphatic heterocycles. The minimum atomic E-state index is -0.363. The van der Waals surface area contributed by atoms with Crippen molar-refractivity contribution in [2.24, 2.45) is 0 Å². The Morgan fingerprint density at radius 3 is 2.65 bits per heavy atom. The van der Waals surface area contributed by atoms with Crippen molar-refractivity contribution in [2.45, 2.75) is 32.4 Å². The number of rotatable bonds is 4. The van der Waals surface area contributed by atoms with Crippen LogP contribution in [0.15, 0.2) is 42.1 Å². The highest BCUT2D eigenvalue weighted by molar-refractivity contribution is 5.98. The number of likely N-dealkylation sites (tertiary alicyclic amines) is 1. The third kappa shape index (κ3) is 4.34. The molecule has 0 aliphatic carbocycles. The summed E-state index contributed by atoms with van der Waals surface area (Å²) in [7, 11) is 3.75. The average molecular weight is 316 g/mol. The number of piperidine rings is 1. The number of Topliss-reactive ketones (excluding diaryl/α,β-unsaturated/α-hetero) is 1. The molecule has 2 rings (SSSR count). The second kappa shape index (κ2) is 7.81. The second-order valence-electron chi connectivity index (χ2n) is 5.88. The lowest BCUT2D eigenvalue weighted by Crippen LogP contribution is -2.48. The van der Waals surface area contributed by atoms with Crippen molar-refractivity contribution in [3.63, 3.8) is 0 Å². The van der Waals surface area contributed by atoms with Gasteiger partial charge in [-0.3, -0.25) is 4.79 Å². The topological polar surface area (TPSA) is 49.9 Å². The molecule has 124 valence electrons. The van der Waals surface area contributed by atoms with Crippen LogP contribution in [0, 0.1) is 0 Å². The summed E-state index contributed by atoms with van der Waals surface area (Å²) in [5.74, 6) is 0.109. The Kier molecular flexibility index (Phi) is 5.79.